The number of carbonyl (C=O) groups excluding carboxylic acids is 1. The SMILES string of the molecule is COC(=O)c1c(C)sc(C)c1S(=O)(=O)N[C@@H]1CNC[C@@H](C)C1. The first-order chi connectivity index (χ1) is 10.3. The number of esters is 1. The Labute approximate surface area is 135 Å². The van der Waals surface area contributed by atoms with Crippen molar-refractivity contribution in [1.29, 1.82) is 0 Å². The van der Waals surface area contributed by atoms with Gasteiger partial charge in [0.15, 0.2) is 0 Å². The van der Waals surface area contributed by atoms with Crippen LogP contribution in [0.15, 0.2) is 4.90 Å². The van der Waals surface area contributed by atoms with E-state index in [4.69, 9.17) is 4.74 Å². The number of nitrogens with one attached hydrogen (secondary N) is 2. The molecule has 2 rings (SSSR count). The number of hydrogen-bond acceptors (Lipinski definition) is 6. The fourth-order valence-corrected chi connectivity index (χ4v) is 5.93. The second-order valence-corrected chi connectivity index (χ2v) is 8.81. The third-order valence-electron chi connectivity index (χ3n) is 3.76. The molecule has 0 saturated carbocycles. The lowest BCUT2D eigenvalue weighted by Gasteiger charge is -2.28. The third-order valence-corrected chi connectivity index (χ3v) is 6.60. The Hall–Kier alpha value is -0.960. The van der Waals surface area contributed by atoms with Gasteiger partial charge in [-0.2, -0.15) is 0 Å². The van der Waals surface area contributed by atoms with Crippen LogP contribution in [-0.2, 0) is 14.8 Å². The molecule has 6 nitrogen and oxygen atoms in total. The molecule has 1 aliphatic rings. The van der Waals surface area contributed by atoms with Crippen molar-refractivity contribution in [2.45, 2.75) is 38.1 Å². The number of rotatable bonds is 4. The van der Waals surface area contributed by atoms with E-state index in [-0.39, 0.29) is 16.5 Å². The number of thiophene rings is 1. The van der Waals surface area contributed by atoms with Crippen molar-refractivity contribution >= 4 is 27.3 Å². The normalized spacial score (nSPS) is 22.5. The predicted molar refractivity (Wildman–Crippen MR) is 85.9 cm³/mol. The van der Waals surface area contributed by atoms with Gasteiger partial charge in [0.1, 0.15) is 4.90 Å². The molecule has 0 radical (unpaired) electrons. The smallest absolute Gasteiger partial charge is 0.340 e. The zero-order chi connectivity index (χ0) is 16.5. The highest BCUT2D eigenvalue weighted by Gasteiger charge is 2.32. The van der Waals surface area contributed by atoms with Crippen LogP contribution in [0.25, 0.3) is 0 Å². The van der Waals surface area contributed by atoms with E-state index in [1.165, 1.54) is 18.4 Å². The highest BCUT2D eigenvalue weighted by atomic mass is 32.2. The first-order valence-electron chi connectivity index (χ1n) is 7.17. The molecule has 1 fully saturated rings. The van der Waals surface area contributed by atoms with E-state index in [1.54, 1.807) is 13.8 Å². The standard InChI is InChI=1S/C14H22N2O4S2/c1-8-5-11(7-15-6-8)16-22(18,19)13-10(3)21-9(2)12(13)14(17)20-4/h8,11,15-16H,5-7H2,1-4H3/t8-,11-/m0/s1. The summed E-state index contributed by atoms with van der Waals surface area (Å²) in [6.07, 6.45) is 0.780. The van der Waals surface area contributed by atoms with Crippen molar-refractivity contribution in [3.63, 3.8) is 0 Å². The first-order valence-corrected chi connectivity index (χ1v) is 9.47. The molecule has 1 aromatic rings. The summed E-state index contributed by atoms with van der Waals surface area (Å²) in [6, 6.07) is -0.168. The summed E-state index contributed by atoms with van der Waals surface area (Å²) in [4.78, 5) is 13.2. The van der Waals surface area contributed by atoms with Gasteiger partial charge in [0.25, 0.3) is 0 Å². The van der Waals surface area contributed by atoms with Crippen LogP contribution in [-0.4, -0.2) is 40.6 Å². The Morgan fingerprint density at radius 3 is 2.59 bits per heavy atom. The Kier molecular flexibility index (Phi) is 5.26. The van der Waals surface area contributed by atoms with Gasteiger partial charge in [-0.1, -0.05) is 6.92 Å². The molecule has 2 atom stereocenters. The van der Waals surface area contributed by atoms with Crippen molar-refractivity contribution in [1.82, 2.24) is 10.0 Å². The monoisotopic (exact) mass is 346 g/mol. The minimum Gasteiger partial charge on any atom is -0.465 e. The maximum atomic E-state index is 12.7. The Morgan fingerprint density at radius 1 is 1.32 bits per heavy atom. The second kappa shape index (κ2) is 6.66. The predicted octanol–water partition coefficient (Wildman–Crippen LogP) is 1.43. The van der Waals surface area contributed by atoms with Crippen LogP contribution in [0.1, 0.15) is 33.5 Å². The fraction of sp³-hybridized carbons (Fsp3) is 0.643. The summed E-state index contributed by atoms with van der Waals surface area (Å²) in [5.41, 5.74) is 0.148. The van der Waals surface area contributed by atoms with E-state index in [1.807, 2.05) is 0 Å². The number of piperidine rings is 1. The van der Waals surface area contributed by atoms with E-state index in [9.17, 15) is 13.2 Å². The molecule has 8 heteroatoms. The molecule has 0 spiro atoms. The van der Waals surface area contributed by atoms with Gasteiger partial charge in [-0.3, -0.25) is 0 Å². The van der Waals surface area contributed by atoms with E-state index in [0.29, 0.717) is 22.2 Å². The lowest BCUT2D eigenvalue weighted by atomic mass is 9.99. The number of carbonyl (C=O) groups is 1. The van der Waals surface area contributed by atoms with Gasteiger partial charge in [0, 0.05) is 22.3 Å². The van der Waals surface area contributed by atoms with Crippen molar-refractivity contribution in [2.24, 2.45) is 5.92 Å². The van der Waals surface area contributed by atoms with Crippen molar-refractivity contribution < 1.29 is 17.9 Å². The average molecular weight is 346 g/mol. The molecule has 124 valence electrons. The molecular weight excluding hydrogens is 324 g/mol. The van der Waals surface area contributed by atoms with Gasteiger partial charge < -0.3 is 10.1 Å². The molecule has 0 unspecified atom stereocenters. The molecule has 22 heavy (non-hydrogen) atoms. The second-order valence-electron chi connectivity index (χ2n) is 5.73. The summed E-state index contributed by atoms with van der Waals surface area (Å²) in [7, 11) is -2.50. The average Bonchev–Trinajstić information content (AvgIpc) is 2.73. The number of sulfonamides is 1. The van der Waals surface area contributed by atoms with Crippen LogP contribution in [0.5, 0.6) is 0 Å². The highest BCUT2D eigenvalue weighted by molar-refractivity contribution is 7.89. The third kappa shape index (κ3) is 3.51. The molecule has 0 amide bonds. The summed E-state index contributed by atoms with van der Waals surface area (Å²) in [5.74, 6) is -0.204. The molecule has 0 aromatic carbocycles. The van der Waals surface area contributed by atoms with Crippen molar-refractivity contribution in [3.05, 3.63) is 15.3 Å². The maximum Gasteiger partial charge on any atom is 0.340 e. The van der Waals surface area contributed by atoms with Crippen LogP contribution in [0, 0.1) is 19.8 Å². The summed E-state index contributed by atoms with van der Waals surface area (Å²) >= 11 is 1.29. The summed E-state index contributed by atoms with van der Waals surface area (Å²) < 4.78 is 32.9. The number of hydrogen-bond donors (Lipinski definition) is 2. The lowest BCUT2D eigenvalue weighted by Crippen LogP contribution is -2.48. The number of ether oxygens (including phenoxy) is 1. The fourth-order valence-electron chi connectivity index (χ4n) is 2.85. The minimum atomic E-state index is -3.76. The highest BCUT2D eigenvalue weighted by Crippen LogP contribution is 2.32. The Morgan fingerprint density at radius 2 is 2.00 bits per heavy atom. The topological polar surface area (TPSA) is 84.5 Å². The molecule has 2 heterocycles. The van der Waals surface area contributed by atoms with E-state index in [0.717, 1.165) is 13.0 Å². The Balaban J connectivity index is 2.35. The van der Waals surface area contributed by atoms with Gasteiger partial charge in [-0.05, 0) is 32.7 Å². The molecule has 1 saturated heterocycles. The minimum absolute atomic E-state index is 0.0556. The van der Waals surface area contributed by atoms with Gasteiger partial charge in [-0.15, -0.1) is 11.3 Å². The van der Waals surface area contributed by atoms with Crippen LogP contribution in [0.2, 0.25) is 0 Å². The van der Waals surface area contributed by atoms with Crippen LogP contribution in [0.4, 0.5) is 0 Å². The van der Waals surface area contributed by atoms with Gasteiger partial charge in [-0.25, -0.2) is 17.9 Å². The summed E-state index contributed by atoms with van der Waals surface area (Å²) in [6.45, 7) is 7.00. The van der Waals surface area contributed by atoms with Crippen LogP contribution in [0.3, 0.4) is 0 Å². The van der Waals surface area contributed by atoms with Crippen molar-refractivity contribution in [3.8, 4) is 0 Å². The Bertz CT molecular complexity index is 667. The lowest BCUT2D eigenvalue weighted by molar-refractivity contribution is 0.0596. The molecule has 1 aromatic heterocycles. The van der Waals surface area contributed by atoms with E-state index >= 15 is 0 Å². The number of aryl methyl sites for hydroxylation is 2. The molecule has 2 N–H and O–H groups in total. The zero-order valence-corrected chi connectivity index (χ0v) is 14.9. The van der Waals surface area contributed by atoms with Gasteiger partial charge in [0.2, 0.25) is 10.0 Å². The van der Waals surface area contributed by atoms with Gasteiger partial charge >= 0.3 is 5.97 Å². The van der Waals surface area contributed by atoms with Crippen LogP contribution >= 0.6 is 11.3 Å². The quantitative estimate of drug-likeness (QED) is 0.806. The van der Waals surface area contributed by atoms with E-state index in [2.05, 4.69) is 17.0 Å². The molecular formula is C14H22N2O4S2. The number of methoxy groups -OCH3 is 1. The van der Waals surface area contributed by atoms with Crippen LogP contribution < -0.4 is 10.0 Å². The largest absolute Gasteiger partial charge is 0.465 e. The zero-order valence-electron chi connectivity index (χ0n) is 13.2. The molecule has 0 aliphatic carbocycles. The van der Waals surface area contributed by atoms with E-state index < -0.39 is 16.0 Å². The first kappa shape index (κ1) is 17.4. The maximum absolute atomic E-state index is 12.7. The van der Waals surface area contributed by atoms with Gasteiger partial charge in [0.05, 0.1) is 12.7 Å². The molecule has 0 bridgehead atoms. The summed E-state index contributed by atoms with van der Waals surface area (Å²) in [5, 5.41) is 3.21. The molecule has 1 aliphatic heterocycles. The van der Waals surface area contributed by atoms with Crippen molar-refractivity contribution in [2.75, 3.05) is 20.2 Å².